The molecule has 2 saturated carbocycles. The molecule has 2 aliphatic heterocycles. The third-order valence-electron chi connectivity index (χ3n) is 10.1. The van der Waals surface area contributed by atoms with Gasteiger partial charge in [0.1, 0.15) is 0 Å². The van der Waals surface area contributed by atoms with Gasteiger partial charge in [-0.3, -0.25) is 20.4 Å². The normalized spacial score (nSPS) is 44.9. The highest BCUT2D eigenvalue weighted by Gasteiger charge is 2.56. The number of hydrogen-bond acceptors (Lipinski definition) is 5. The Morgan fingerprint density at radius 2 is 2.03 bits per heavy atom. The summed E-state index contributed by atoms with van der Waals surface area (Å²) in [4.78, 5) is 4.89. The van der Waals surface area contributed by atoms with Crippen LogP contribution in [0.3, 0.4) is 0 Å². The predicted octanol–water partition coefficient (Wildman–Crippen LogP) is 3.85. The van der Waals surface area contributed by atoms with Gasteiger partial charge in [0, 0.05) is 13.2 Å². The van der Waals surface area contributed by atoms with Crippen molar-refractivity contribution in [1.82, 2.24) is 20.4 Å². The smallest absolute Gasteiger partial charge is 0.0804 e. The molecule has 0 radical (unpaired) electrons. The monoisotopic (exact) mass is 429 g/mol. The second-order valence-electron chi connectivity index (χ2n) is 11.6. The molecule has 4 N–H and O–H groups in total. The Hall–Kier alpha value is -0.720. The van der Waals surface area contributed by atoms with Gasteiger partial charge in [-0.05, 0) is 68.7 Å². The van der Waals surface area contributed by atoms with Crippen molar-refractivity contribution in [3.63, 3.8) is 0 Å². The van der Waals surface area contributed by atoms with Crippen molar-refractivity contribution >= 4 is 0 Å². The summed E-state index contributed by atoms with van der Waals surface area (Å²) >= 11 is 0. The summed E-state index contributed by atoms with van der Waals surface area (Å²) < 4.78 is 0. The summed E-state index contributed by atoms with van der Waals surface area (Å²) in [7, 11) is 2.19. The van der Waals surface area contributed by atoms with Crippen molar-refractivity contribution in [2.75, 3.05) is 26.9 Å². The van der Waals surface area contributed by atoms with Gasteiger partial charge in [-0.25, -0.2) is 0 Å². The van der Waals surface area contributed by atoms with Gasteiger partial charge >= 0.3 is 0 Å². The first kappa shape index (κ1) is 23.4. The molecule has 0 spiro atoms. The lowest BCUT2D eigenvalue weighted by Gasteiger charge is -2.61. The van der Waals surface area contributed by atoms with E-state index >= 15 is 0 Å². The fourth-order valence-corrected chi connectivity index (χ4v) is 7.57. The van der Waals surface area contributed by atoms with Crippen LogP contribution < -0.4 is 16.4 Å². The maximum absolute atomic E-state index is 6.40. The summed E-state index contributed by atoms with van der Waals surface area (Å²) in [6, 6.07) is 0.323. The van der Waals surface area contributed by atoms with Crippen LogP contribution in [0.15, 0.2) is 23.8 Å². The highest BCUT2D eigenvalue weighted by atomic mass is 15.5. The second kappa shape index (κ2) is 8.90. The van der Waals surface area contributed by atoms with Gasteiger partial charge in [0.25, 0.3) is 0 Å². The number of nitrogens with one attached hydrogen (secondary N) is 2. The van der Waals surface area contributed by atoms with E-state index < -0.39 is 0 Å². The molecule has 5 nitrogen and oxygen atoms in total. The summed E-state index contributed by atoms with van der Waals surface area (Å²) in [6.45, 7) is 17.3. The minimum atomic E-state index is 0.0291. The standard InChI is InChI=1S/C26H47N5/c1-18(12-15-31-17-30(6)24-22(31)23(27)28-16-29-24)9-10-21-19(2)11-14-25(4)20(3)8-7-13-26(21,25)5/h12,20-24,28-29H,2,7-11,13-17,27H2,1,3-6H3/t20-,21-,22?,23?,24?,25+,26+/m0/s1. The SMILES string of the molecule is C=C1CC[C@]2(C)[C@@H](C)CCC[C@]2(C)[C@H]1CCC(C)=CCN1CN(C)C2NCNC(N)C21. The predicted molar refractivity (Wildman–Crippen MR) is 130 cm³/mol. The average molecular weight is 430 g/mol. The van der Waals surface area contributed by atoms with Gasteiger partial charge in [0.2, 0.25) is 0 Å². The Morgan fingerprint density at radius 1 is 1.26 bits per heavy atom. The highest BCUT2D eigenvalue weighted by Crippen LogP contribution is 2.65. The Labute approximate surface area is 190 Å². The van der Waals surface area contributed by atoms with Crippen molar-refractivity contribution in [3.8, 4) is 0 Å². The minimum Gasteiger partial charge on any atom is -0.314 e. The molecule has 0 amide bonds. The van der Waals surface area contributed by atoms with Crippen molar-refractivity contribution in [1.29, 1.82) is 0 Å². The zero-order chi connectivity index (χ0) is 22.4. The minimum absolute atomic E-state index is 0.0291. The van der Waals surface area contributed by atoms with E-state index in [1.54, 1.807) is 0 Å². The molecule has 0 aromatic heterocycles. The molecule has 0 bridgehead atoms. The van der Waals surface area contributed by atoms with Gasteiger partial charge in [-0.2, -0.15) is 0 Å². The summed E-state index contributed by atoms with van der Waals surface area (Å²) in [5, 5.41) is 6.92. The maximum atomic E-state index is 6.40. The molecule has 4 rings (SSSR count). The number of rotatable bonds is 5. The van der Waals surface area contributed by atoms with Crippen LogP contribution in [0, 0.1) is 22.7 Å². The fraction of sp³-hybridized carbons (Fsp3) is 0.846. The van der Waals surface area contributed by atoms with Crippen LogP contribution in [0.2, 0.25) is 0 Å². The van der Waals surface area contributed by atoms with Crippen molar-refractivity contribution in [2.24, 2.45) is 28.4 Å². The first-order chi connectivity index (χ1) is 14.7. The van der Waals surface area contributed by atoms with E-state index in [1.807, 2.05) is 0 Å². The second-order valence-corrected chi connectivity index (χ2v) is 11.6. The van der Waals surface area contributed by atoms with E-state index in [0.29, 0.717) is 29.0 Å². The first-order valence-electron chi connectivity index (χ1n) is 12.7. The lowest BCUT2D eigenvalue weighted by atomic mass is 9.43. The van der Waals surface area contributed by atoms with Crippen molar-refractivity contribution in [2.45, 2.75) is 91.0 Å². The molecule has 7 atom stereocenters. The quantitative estimate of drug-likeness (QED) is 0.580. The summed E-state index contributed by atoms with van der Waals surface area (Å²) in [6.07, 6.45) is 12.0. The number of likely N-dealkylation sites (N-methyl/N-ethyl adjacent to an activating group) is 1. The molecule has 176 valence electrons. The Balaban J connectivity index is 1.39. The Kier molecular flexibility index (Phi) is 6.73. The van der Waals surface area contributed by atoms with Crippen LogP contribution in [-0.4, -0.2) is 55.1 Å². The zero-order valence-corrected chi connectivity index (χ0v) is 20.7. The summed E-state index contributed by atoms with van der Waals surface area (Å²) in [5.41, 5.74) is 10.3. The van der Waals surface area contributed by atoms with Gasteiger partial charge in [-0.15, -0.1) is 0 Å². The van der Waals surface area contributed by atoms with Gasteiger partial charge in [-0.1, -0.05) is 57.4 Å². The van der Waals surface area contributed by atoms with E-state index in [2.05, 4.69) is 67.8 Å². The van der Waals surface area contributed by atoms with Crippen LogP contribution in [0.5, 0.6) is 0 Å². The van der Waals surface area contributed by atoms with Crippen molar-refractivity contribution in [3.05, 3.63) is 23.8 Å². The molecular weight excluding hydrogens is 382 g/mol. The highest BCUT2D eigenvalue weighted by molar-refractivity contribution is 5.19. The first-order valence-corrected chi connectivity index (χ1v) is 12.7. The molecule has 4 aliphatic rings. The van der Waals surface area contributed by atoms with E-state index in [0.717, 1.165) is 25.8 Å². The van der Waals surface area contributed by atoms with Gasteiger partial charge in [0.05, 0.1) is 25.0 Å². The van der Waals surface area contributed by atoms with Gasteiger partial charge < -0.3 is 5.73 Å². The lowest BCUT2D eigenvalue weighted by Crippen LogP contribution is -2.67. The molecule has 0 aromatic rings. The van der Waals surface area contributed by atoms with Crippen molar-refractivity contribution < 1.29 is 0 Å². The molecular formula is C26H47N5. The van der Waals surface area contributed by atoms with E-state index in [-0.39, 0.29) is 6.17 Å². The molecule has 0 aromatic carbocycles. The Morgan fingerprint density at radius 3 is 2.81 bits per heavy atom. The fourth-order valence-electron chi connectivity index (χ4n) is 7.57. The largest absolute Gasteiger partial charge is 0.314 e. The van der Waals surface area contributed by atoms with E-state index in [9.17, 15) is 0 Å². The third-order valence-corrected chi connectivity index (χ3v) is 10.1. The van der Waals surface area contributed by atoms with E-state index in [1.165, 1.54) is 56.1 Å². The van der Waals surface area contributed by atoms with Crippen LogP contribution in [-0.2, 0) is 0 Å². The average Bonchev–Trinajstić information content (AvgIpc) is 3.05. The molecule has 2 saturated heterocycles. The molecule has 2 aliphatic carbocycles. The van der Waals surface area contributed by atoms with Crippen LogP contribution in [0.25, 0.3) is 0 Å². The van der Waals surface area contributed by atoms with Crippen LogP contribution in [0.4, 0.5) is 0 Å². The Bertz CT molecular complexity index is 704. The molecule has 4 fully saturated rings. The number of nitrogens with zero attached hydrogens (tertiary/aromatic N) is 2. The molecule has 31 heavy (non-hydrogen) atoms. The van der Waals surface area contributed by atoms with Gasteiger partial charge in [0.15, 0.2) is 0 Å². The number of fused-ring (bicyclic) bond motifs is 2. The third kappa shape index (κ3) is 4.06. The molecule has 2 heterocycles. The topological polar surface area (TPSA) is 56.6 Å². The zero-order valence-electron chi connectivity index (χ0n) is 20.7. The molecule has 5 heteroatoms. The van der Waals surface area contributed by atoms with Crippen LogP contribution in [0.1, 0.15) is 72.6 Å². The van der Waals surface area contributed by atoms with Crippen LogP contribution >= 0.6 is 0 Å². The molecule has 3 unspecified atom stereocenters. The lowest BCUT2D eigenvalue weighted by molar-refractivity contribution is -0.0896. The van der Waals surface area contributed by atoms with E-state index in [4.69, 9.17) is 5.73 Å². The number of hydrogen-bond donors (Lipinski definition) is 3. The summed E-state index contributed by atoms with van der Waals surface area (Å²) in [5.74, 6) is 1.50. The number of nitrogens with two attached hydrogens (primary N) is 1. The number of allylic oxidation sites excluding steroid dienone is 2. The maximum Gasteiger partial charge on any atom is 0.0804 e.